The first-order valence-corrected chi connectivity index (χ1v) is 8.27. The molecule has 0 saturated heterocycles. The highest BCUT2D eigenvalue weighted by Gasteiger charge is 2.16. The highest BCUT2D eigenvalue weighted by atomic mass is 32.2. The van der Waals surface area contributed by atoms with Crippen LogP contribution in [0.3, 0.4) is 0 Å². The summed E-state index contributed by atoms with van der Waals surface area (Å²) in [6.07, 6.45) is 0.694. The fourth-order valence-electron chi connectivity index (χ4n) is 1.74. The standard InChI is InChI=1S/C14H23NO3S/c1-12(2)19(17,18)9-8-15-14(11-16)10-13-6-4-3-5-7-13/h3-7,12,14-16H,8-11H2,1-2H3. The van der Waals surface area contributed by atoms with E-state index >= 15 is 0 Å². The molecule has 5 heteroatoms. The summed E-state index contributed by atoms with van der Waals surface area (Å²) in [4.78, 5) is 0. The molecular weight excluding hydrogens is 262 g/mol. The number of rotatable bonds is 8. The molecule has 0 aromatic heterocycles. The lowest BCUT2D eigenvalue weighted by molar-refractivity contribution is 0.243. The van der Waals surface area contributed by atoms with E-state index in [0.717, 1.165) is 5.56 Å². The van der Waals surface area contributed by atoms with Crippen molar-refractivity contribution in [1.82, 2.24) is 5.32 Å². The molecule has 1 rings (SSSR count). The molecule has 19 heavy (non-hydrogen) atoms. The summed E-state index contributed by atoms with van der Waals surface area (Å²) in [6, 6.07) is 9.73. The number of aliphatic hydroxyl groups excluding tert-OH is 1. The molecular formula is C14H23NO3S. The van der Waals surface area contributed by atoms with Gasteiger partial charge in [-0.15, -0.1) is 0 Å². The van der Waals surface area contributed by atoms with E-state index in [1.807, 2.05) is 30.3 Å². The highest BCUT2D eigenvalue weighted by molar-refractivity contribution is 7.92. The van der Waals surface area contributed by atoms with Gasteiger partial charge in [0, 0.05) is 12.6 Å². The van der Waals surface area contributed by atoms with Crippen molar-refractivity contribution in [2.24, 2.45) is 0 Å². The first kappa shape index (κ1) is 16.1. The van der Waals surface area contributed by atoms with Crippen molar-refractivity contribution in [3.05, 3.63) is 35.9 Å². The van der Waals surface area contributed by atoms with Crippen LogP contribution in [0.15, 0.2) is 30.3 Å². The van der Waals surface area contributed by atoms with Gasteiger partial charge in [-0.05, 0) is 25.8 Å². The van der Waals surface area contributed by atoms with E-state index in [4.69, 9.17) is 0 Å². The van der Waals surface area contributed by atoms with Gasteiger partial charge < -0.3 is 10.4 Å². The summed E-state index contributed by atoms with van der Waals surface area (Å²) in [5, 5.41) is 12.1. The van der Waals surface area contributed by atoms with Gasteiger partial charge in [0.1, 0.15) is 0 Å². The maximum Gasteiger partial charge on any atom is 0.153 e. The Morgan fingerprint density at radius 3 is 2.37 bits per heavy atom. The SMILES string of the molecule is CC(C)S(=O)(=O)CCNC(CO)Cc1ccccc1. The van der Waals surface area contributed by atoms with E-state index in [1.165, 1.54) is 0 Å². The summed E-state index contributed by atoms with van der Waals surface area (Å²) >= 11 is 0. The summed E-state index contributed by atoms with van der Waals surface area (Å²) in [5.74, 6) is 0.107. The smallest absolute Gasteiger partial charge is 0.153 e. The molecule has 4 nitrogen and oxygen atoms in total. The zero-order valence-electron chi connectivity index (χ0n) is 11.5. The van der Waals surface area contributed by atoms with Crippen LogP contribution in [0.4, 0.5) is 0 Å². The average Bonchev–Trinajstić information content (AvgIpc) is 2.38. The van der Waals surface area contributed by atoms with Crippen LogP contribution >= 0.6 is 0 Å². The third-order valence-electron chi connectivity index (χ3n) is 3.08. The molecule has 0 amide bonds. The Morgan fingerprint density at radius 2 is 1.84 bits per heavy atom. The predicted molar refractivity (Wildman–Crippen MR) is 77.9 cm³/mol. The van der Waals surface area contributed by atoms with Gasteiger partial charge in [0.15, 0.2) is 9.84 Å². The van der Waals surface area contributed by atoms with Gasteiger partial charge in [-0.2, -0.15) is 0 Å². The summed E-state index contributed by atoms with van der Waals surface area (Å²) in [5.41, 5.74) is 1.13. The number of hydrogen-bond acceptors (Lipinski definition) is 4. The van der Waals surface area contributed by atoms with Crippen LogP contribution in [0.25, 0.3) is 0 Å². The summed E-state index contributed by atoms with van der Waals surface area (Å²) in [7, 11) is -3.02. The summed E-state index contributed by atoms with van der Waals surface area (Å²) in [6.45, 7) is 3.74. The molecule has 0 spiro atoms. The van der Waals surface area contributed by atoms with Gasteiger partial charge in [-0.25, -0.2) is 8.42 Å². The molecule has 1 unspecified atom stereocenters. The van der Waals surface area contributed by atoms with Crippen LogP contribution in [-0.2, 0) is 16.3 Å². The Labute approximate surface area is 115 Å². The lowest BCUT2D eigenvalue weighted by Crippen LogP contribution is -2.38. The monoisotopic (exact) mass is 285 g/mol. The molecule has 108 valence electrons. The van der Waals surface area contributed by atoms with Crippen LogP contribution in [0.1, 0.15) is 19.4 Å². The second-order valence-electron chi connectivity index (χ2n) is 4.94. The van der Waals surface area contributed by atoms with Crippen molar-refractivity contribution in [3.63, 3.8) is 0 Å². The van der Waals surface area contributed by atoms with E-state index < -0.39 is 9.84 Å². The molecule has 0 aliphatic heterocycles. The maximum atomic E-state index is 11.7. The predicted octanol–water partition coefficient (Wildman–Crippen LogP) is 1.00. The van der Waals surface area contributed by atoms with Gasteiger partial charge in [-0.3, -0.25) is 0 Å². The van der Waals surface area contributed by atoms with Crippen molar-refractivity contribution >= 4 is 9.84 Å². The average molecular weight is 285 g/mol. The Morgan fingerprint density at radius 1 is 1.21 bits per heavy atom. The number of aliphatic hydroxyl groups is 1. The van der Waals surface area contributed by atoms with Gasteiger partial charge in [0.25, 0.3) is 0 Å². The van der Waals surface area contributed by atoms with E-state index in [9.17, 15) is 13.5 Å². The van der Waals surface area contributed by atoms with Crippen LogP contribution in [0, 0.1) is 0 Å². The molecule has 0 saturated carbocycles. The molecule has 1 aromatic carbocycles. The van der Waals surface area contributed by atoms with Crippen LogP contribution in [-0.4, -0.2) is 43.7 Å². The van der Waals surface area contributed by atoms with Gasteiger partial charge in [0.2, 0.25) is 0 Å². The first-order chi connectivity index (χ1) is 8.95. The maximum absolute atomic E-state index is 11.7. The van der Waals surface area contributed by atoms with Crippen LogP contribution in [0.5, 0.6) is 0 Å². The molecule has 0 radical (unpaired) electrons. The number of hydrogen-bond donors (Lipinski definition) is 2. The van der Waals surface area contributed by atoms with Crippen molar-refractivity contribution < 1.29 is 13.5 Å². The van der Waals surface area contributed by atoms with E-state index in [0.29, 0.717) is 13.0 Å². The van der Waals surface area contributed by atoms with Crippen LogP contribution < -0.4 is 5.32 Å². The van der Waals surface area contributed by atoms with Crippen molar-refractivity contribution in [2.75, 3.05) is 18.9 Å². The third-order valence-corrected chi connectivity index (χ3v) is 5.29. The normalized spacial score (nSPS) is 13.7. The van der Waals surface area contributed by atoms with Gasteiger partial charge in [-0.1, -0.05) is 30.3 Å². The largest absolute Gasteiger partial charge is 0.395 e. The molecule has 2 N–H and O–H groups in total. The minimum absolute atomic E-state index is 0.00335. The summed E-state index contributed by atoms with van der Waals surface area (Å²) < 4.78 is 23.3. The Kier molecular flexibility index (Phi) is 6.48. The Hall–Kier alpha value is -0.910. The van der Waals surface area contributed by atoms with E-state index in [1.54, 1.807) is 13.8 Å². The van der Waals surface area contributed by atoms with Crippen molar-refractivity contribution in [3.8, 4) is 0 Å². The Balaban J connectivity index is 2.42. The van der Waals surface area contributed by atoms with Crippen molar-refractivity contribution in [1.29, 1.82) is 0 Å². The third kappa shape index (κ3) is 5.72. The lowest BCUT2D eigenvalue weighted by Gasteiger charge is -2.17. The zero-order chi connectivity index (χ0) is 14.3. The molecule has 1 atom stereocenters. The fourth-order valence-corrected chi connectivity index (χ4v) is 2.61. The molecule has 0 bridgehead atoms. The van der Waals surface area contributed by atoms with Crippen molar-refractivity contribution in [2.45, 2.75) is 31.6 Å². The number of sulfone groups is 1. The molecule has 0 aliphatic carbocycles. The number of nitrogens with one attached hydrogen (secondary N) is 1. The lowest BCUT2D eigenvalue weighted by atomic mass is 10.1. The van der Waals surface area contributed by atoms with E-state index in [-0.39, 0.29) is 23.7 Å². The first-order valence-electron chi connectivity index (χ1n) is 6.55. The van der Waals surface area contributed by atoms with Gasteiger partial charge in [0.05, 0.1) is 17.6 Å². The molecule has 0 heterocycles. The second-order valence-corrected chi connectivity index (χ2v) is 7.62. The highest BCUT2D eigenvalue weighted by Crippen LogP contribution is 2.04. The van der Waals surface area contributed by atoms with Gasteiger partial charge >= 0.3 is 0 Å². The minimum atomic E-state index is -3.02. The molecule has 0 aliphatic rings. The van der Waals surface area contributed by atoms with Crippen LogP contribution in [0.2, 0.25) is 0 Å². The fraction of sp³-hybridized carbons (Fsp3) is 0.571. The Bertz CT molecular complexity index is 457. The minimum Gasteiger partial charge on any atom is -0.395 e. The topological polar surface area (TPSA) is 66.4 Å². The quantitative estimate of drug-likeness (QED) is 0.748. The second kappa shape index (κ2) is 7.62. The van der Waals surface area contributed by atoms with E-state index in [2.05, 4.69) is 5.32 Å². The number of benzene rings is 1. The molecule has 0 fully saturated rings. The zero-order valence-corrected chi connectivity index (χ0v) is 12.4. The molecule has 1 aromatic rings.